The van der Waals surface area contributed by atoms with Crippen molar-refractivity contribution in [1.82, 2.24) is 9.97 Å². The van der Waals surface area contributed by atoms with E-state index in [1.165, 1.54) is 0 Å². The predicted octanol–water partition coefficient (Wildman–Crippen LogP) is 2.42. The van der Waals surface area contributed by atoms with E-state index in [1.54, 1.807) is 32.5 Å². The van der Waals surface area contributed by atoms with Crippen molar-refractivity contribution in [3.05, 3.63) is 42.1 Å². The van der Waals surface area contributed by atoms with E-state index in [1.807, 2.05) is 18.2 Å². The number of nitrogen functional groups attached to an aromatic ring is 2. The fraction of sp³-hybridized carbons (Fsp3) is 0.176. The zero-order chi connectivity index (χ0) is 17.1. The molecular formula is C17H19N5O2. The maximum absolute atomic E-state index is 5.97. The molecule has 0 fully saturated rings. The normalized spacial score (nSPS) is 10.6. The van der Waals surface area contributed by atoms with Crippen molar-refractivity contribution in [2.24, 2.45) is 0 Å². The van der Waals surface area contributed by atoms with E-state index in [-0.39, 0.29) is 0 Å². The molecule has 0 aliphatic rings. The van der Waals surface area contributed by atoms with Crippen LogP contribution in [0.4, 0.5) is 17.2 Å². The molecule has 0 spiro atoms. The summed E-state index contributed by atoms with van der Waals surface area (Å²) < 4.78 is 10.5. The summed E-state index contributed by atoms with van der Waals surface area (Å²) in [6, 6.07) is 9.10. The Morgan fingerprint density at radius 3 is 2.38 bits per heavy atom. The van der Waals surface area contributed by atoms with E-state index in [0.29, 0.717) is 34.8 Å². The van der Waals surface area contributed by atoms with Gasteiger partial charge in [-0.3, -0.25) is 4.98 Å². The van der Waals surface area contributed by atoms with Gasteiger partial charge in [-0.15, -0.1) is 0 Å². The molecule has 1 heterocycles. The van der Waals surface area contributed by atoms with Crippen LogP contribution in [0.1, 0.15) is 5.56 Å². The number of hydrogen-bond donors (Lipinski definition) is 3. The highest BCUT2D eigenvalue weighted by atomic mass is 16.5. The molecule has 0 bridgehead atoms. The maximum atomic E-state index is 5.97. The molecule has 0 aliphatic carbocycles. The third kappa shape index (κ3) is 3.24. The highest BCUT2D eigenvalue weighted by molar-refractivity contribution is 5.90. The Hall–Kier alpha value is -3.22. The van der Waals surface area contributed by atoms with Crippen LogP contribution in [-0.2, 0) is 6.54 Å². The molecule has 0 unspecified atom stereocenters. The Balaban J connectivity index is 1.83. The lowest BCUT2D eigenvalue weighted by Crippen LogP contribution is -2.04. The smallest absolute Gasteiger partial charge is 0.145 e. The molecule has 3 aromatic rings. The van der Waals surface area contributed by atoms with Gasteiger partial charge < -0.3 is 26.3 Å². The number of hydrogen-bond acceptors (Lipinski definition) is 7. The molecular weight excluding hydrogens is 306 g/mol. The second-order valence-electron chi connectivity index (χ2n) is 5.31. The maximum Gasteiger partial charge on any atom is 0.145 e. The number of benzene rings is 2. The second-order valence-corrected chi connectivity index (χ2v) is 5.31. The van der Waals surface area contributed by atoms with Crippen LogP contribution in [-0.4, -0.2) is 24.2 Å². The molecule has 7 nitrogen and oxygen atoms in total. The molecule has 2 aromatic carbocycles. The van der Waals surface area contributed by atoms with Gasteiger partial charge in [-0.1, -0.05) is 0 Å². The summed E-state index contributed by atoms with van der Waals surface area (Å²) in [7, 11) is 3.24. The minimum Gasteiger partial charge on any atom is -0.497 e. The van der Waals surface area contributed by atoms with Crippen molar-refractivity contribution in [2.75, 3.05) is 31.0 Å². The summed E-state index contributed by atoms with van der Waals surface area (Å²) >= 11 is 0. The van der Waals surface area contributed by atoms with Gasteiger partial charge in [-0.2, -0.15) is 0 Å². The standard InChI is InChI=1S/C17H19N5O2/c1-23-12-3-10(4-13(7-12)24-2)8-21-16-9-20-15-6-11(18)5-14(19)17(15)22-16/h3-7,9H,8,18-19H2,1-2H3,(H,21,22). The van der Waals surface area contributed by atoms with Crippen molar-refractivity contribution in [3.63, 3.8) is 0 Å². The molecule has 0 radical (unpaired) electrons. The summed E-state index contributed by atoms with van der Waals surface area (Å²) in [5, 5.41) is 3.23. The third-order valence-electron chi connectivity index (χ3n) is 3.58. The highest BCUT2D eigenvalue weighted by Gasteiger charge is 2.06. The number of nitrogens with zero attached hydrogens (tertiary/aromatic N) is 2. The highest BCUT2D eigenvalue weighted by Crippen LogP contribution is 2.24. The first-order valence-electron chi connectivity index (χ1n) is 7.36. The fourth-order valence-electron chi connectivity index (χ4n) is 2.41. The van der Waals surface area contributed by atoms with Gasteiger partial charge in [0.05, 0.1) is 31.6 Å². The number of fused-ring (bicyclic) bond motifs is 1. The number of aromatic nitrogens is 2. The number of nitrogens with two attached hydrogens (primary N) is 2. The molecule has 7 heteroatoms. The van der Waals surface area contributed by atoms with Gasteiger partial charge in [-0.05, 0) is 29.8 Å². The Morgan fingerprint density at radius 1 is 1.00 bits per heavy atom. The first-order chi connectivity index (χ1) is 11.6. The van der Waals surface area contributed by atoms with Gasteiger partial charge in [0.15, 0.2) is 0 Å². The molecule has 0 saturated carbocycles. The largest absolute Gasteiger partial charge is 0.497 e. The average Bonchev–Trinajstić information content (AvgIpc) is 2.59. The molecule has 24 heavy (non-hydrogen) atoms. The van der Waals surface area contributed by atoms with E-state index in [0.717, 1.165) is 17.1 Å². The molecule has 0 atom stereocenters. The molecule has 0 aliphatic heterocycles. The van der Waals surface area contributed by atoms with Crippen LogP contribution < -0.4 is 26.3 Å². The zero-order valence-corrected chi connectivity index (χ0v) is 13.5. The number of nitrogens with one attached hydrogen (secondary N) is 1. The quantitative estimate of drug-likeness (QED) is 0.618. The summed E-state index contributed by atoms with van der Waals surface area (Å²) in [5.74, 6) is 2.09. The van der Waals surface area contributed by atoms with Crippen LogP contribution in [0.15, 0.2) is 36.5 Å². The SMILES string of the molecule is COc1cc(CNc2cnc3cc(N)cc(N)c3n2)cc(OC)c1. The van der Waals surface area contributed by atoms with Crippen LogP contribution in [0.3, 0.4) is 0 Å². The minimum absolute atomic E-state index is 0.504. The van der Waals surface area contributed by atoms with E-state index >= 15 is 0 Å². The lowest BCUT2D eigenvalue weighted by atomic mass is 10.2. The second kappa shape index (κ2) is 6.49. The summed E-state index contributed by atoms with van der Waals surface area (Å²) in [6.07, 6.45) is 1.65. The molecule has 0 amide bonds. The summed E-state index contributed by atoms with van der Waals surface area (Å²) in [6.45, 7) is 0.544. The Kier molecular flexibility index (Phi) is 4.24. The van der Waals surface area contributed by atoms with Crippen molar-refractivity contribution in [2.45, 2.75) is 6.54 Å². The topological polar surface area (TPSA) is 108 Å². The van der Waals surface area contributed by atoms with Crippen molar-refractivity contribution < 1.29 is 9.47 Å². The van der Waals surface area contributed by atoms with Crippen LogP contribution in [0.5, 0.6) is 11.5 Å². The number of anilines is 3. The molecule has 1 aromatic heterocycles. The third-order valence-corrected chi connectivity index (χ3v) is 3.58. The fourth-order valence-corrected chi connectivity index (χ4v) is 2.41. The van der Waals surface area contributed by atoms with Crippen LogP contribution >= 0.6 is 0 Å². The van der Waals surface area contributed by atoms with Gasteiger partial charge in [-0.25, -0.2) is 4.98 Å². The van der Waals surface area contributed by atoms with Crippen molar-refractivity contribution in [1.29, 1.82) is 0 Å². The van der Waals surface area contributed by atoms with Gasteiger partial charge in [0.2, 0.25) is 0 Å². The minimum atomic E-state index is 0.504. The number of ether oxygens (including phenoxy) is 2. The summed E-state index contributed by atoms with van der Waals surface area (Å²) in [5.41, 5.74) is 15.1. The van der Waals surface area contributed by atoms with Gasteiger partial charge >= 0.3 is 0 Å². The van der Waals surface area contributed by atoms with Gasteiger partial charge in [0, 0.05) is 18.3 Å². The van der Waals surface area contributed by atoms with E-state index in [2.05, 4.69) is 15.3 Å². The molecule has 124 valence electrons. The van der Waals surface area contributed by atoms with E-state index < -0.39 is 0 Å². The van der Waals surface area contributed by atoms with Crippen molar-refractivity contribution >= 4 is 28.2 Å². The molecule has 5 N–H and O–H groups in total. The van der Waals surface area contributed by atoms with E-state index in [4.69, 9.17) is 20.9 Å². The Morgan fingerprint density at radius 2 is 1.71 bits per heavy atom. The zero-order valence-electron chi connectivity index (χ0n) is 13.5. The van der Waals surface area contributed by atoms with Crippen molar-refractivity contribution in [3.8, 4) is 11.5 Å². The monoisotopic (exact) mass is 325 g/mol. The average molecular weight is 325 g/mol. The predicted molar refractivity (Wildman–Crippen MR) is 95.2 cm³/mol. The Labute approximate surface area is 139 Å². The van der Waals surface area contributed by atoms with Gasteiger partial charge in [0.1, 0.15) is 22.8 Å². The number of methoxy groups -OCH3 is 2. The van der Waals surface area contributed by atoms with Crippen LogP contribution in [0.25, 0.3) is 11.0 Å². The first kappa shape index (κ1) is 15.7. The molecule has 0 saturated heterocycles. The van der Waals surface area contributed by atoms with Gasteiger partial charge in [0.25, 0.3) is 0 Å². The first-order valence-corrected chi connectivity index (χ1v) is 7.36. The lowest BCUT2D eigenvalue weighted by molar-refractivity contribution is 0.393. The number of rotatable bonds is 5. The lowest BCUT2D eigenvalue weighted by Gasteiger charge is -2.10. The van der Waals surface area contributed by atoms with Crippen LogP contribution in [0.2, 0.25) is 0 Å². The van der Waals surface area contributed by atoms with Crippen LogP contribution in [0, 0.1) is 0 Å². The summed E-state index contributed by atoms with van der Waals surface area (Å²) in [4.78, 5) is 8.85. The van der Waals surface area contributed by atoms with E-state index in [9.17, 15) is 0 Å². The Bertz CT molecular complexity index is 860. The molecule has 3 rings (SSSR count).